The van der Waals surface area contributed by atoms with Gasteiger partial charge in [-0.2, -0.15) is 0 Å². The zero-order valence-corrected chi connectivity index (χ0v) is 18.0. The lowest BCUT2D eigenvalue weighted by atomic mass is 9.99. The Morgan fingerprint density at radius 2 is 2.07 bits per heavy atom. The Kier molecular flexibility index (Phi) is 5.46. The molecule has 0 atom stereocenters. The number of fused-ring (bicyclic) bond motifs is 3. The van der Waals surface area contributed by atoms with Crippen molar-refractivity contribution in [2.24, 2.45) is 5.92 Å². The van der Waals surface area contributed by atoms with Crippen LogP contribution in [0.2, 0.25) is 0 Å². The van der Waals surface area contributed by atoms with E-state index in [1.54, 1.807) is 4.90 Å². The molecule has 2 aliphatic rings. The SMILES string of the molecule is CC1CC[NH+](Cc2nc(NCCc3ccccn3)c3c4c(sc3n2)CCC4)CC1. The Labute approximate surface area is 176 Å². The number of rotatable bonds is 6. The van der Waals surface area contributed by atoms with Crippen molar-refractivity contribution in [1.29, 1.82) is 0 Å². The highest BCUT2D eigenvalue weighted by atomic mass is 32.1. The van der Waals surface area contributed by atoms with Crippen molar-refractivity contribution in [3.05, 3.63) is 46.4 Å². The molecule has 0 unspecified atom stereocenters. The van der Waals surface area contributed by atoms with Crippen LogP contribution < -0.4 is 10.2 Å². The summed E-state index contributed by atoms with van der Waals surface area (Å²) in [4.78, 5) is 18.8. The van der Waals surface area contributed by atoms with Gasteiger partial charge in [0.25, 0.3) is 0 Å². The zero-order chi connectivity index (χ0) is 19.6. The van der Waals surface area contributed by atoms with Crippen LogP contribution in [0.15, 0.2) is 24.4 Å². The quantitative estimate of drug-likeness (QED) is 0.658. The largest absolute Gasteiger partial charge is 0.369 e. The number of nitrogens with zero attached hydrogens (tertiary/aromatic N) is 3. The molecule has 0 radical (unpaired) electrons. The minimum Gasteiger partial charge on any atom is -0.369 e. The summed E-state index contributed by atoms with van der Waals surface area (Å²) in [7, 11) is 0. The molecule has 0 spiro atoms. The first kappa shape index (κ1) is 18.9. The maximum Gasteiger partial charge on any atom is 0.187 e. The van der Waals surface area contributed by atoms with Gasteiger partial charge < -0.3 is 10.2 Å². The van der Waals surface area contributed by atoms with Crippen LogP contribution in [0.1, 0.15) is 48.1 Å². The number of anilines is 1. The van der Waals surface area contributed by atoms with E-state index < -0.39 is 0 Å². The molecule has 3 aromatic heterocycles. The number of thiophene rings is 1. The van der Waals surface area contributed by atoms with Gasteiger partial charge >= 0.3 is 0 Å². The number of likely N-dealkylation sites (tertiary alicyclic amines) is 1. The van der Waals surface area contributed by atoms with Gasteiger partial charge in [-0.1, -0.05) is 13.0 Å². The fourth-order valence-corrected chi connectivity index (χ4v) is 5.95. The van der Waals surface area contributed by atoms with Crippen LogP contribution in [0.4, 0.5) is 5.82 Å². The van der Waals surface area contributed by atoms with E-state index in [2.05, 4.69) is 29.4 Å². The van der Waals surface area contributed by atoms with Gasteiger partial charge in [0, 0.05) is 29.7 Å². The second-order valence-electron chi connectivity index (χ2n) is 8.63. The van der Waals surface area contributed by atoms with Crippen molar-refractivity contribution < 1.29 is 4.90 Å². The van der Waals surface area contributed by atoms with E-state index in [4.69, 9.17) is 9.97 Å². The molecule has 0 saturated carbocycles. The van der Waals surface area contributed by atoms with Gasteiger partial charge in [-0.15, -0.1) is 11.3 Å². The minimum atomic E-state index is 0.848. The number of nitrogens with one attached hydrogen (secondary N) is 2. The van der Waals surface area contributed by atoms with Gasteiger partial charge in [0.05, 0.1) is 18.5 Å². The van der Waals surface area contributed by atoms with Crippen molar-refractivity contribution in [2.75, 3.05) is 25.0 Å². The molecule has 2 N–H and O–H groups in total. The predicted octanol–water partition coefficient (Wildman–Crippen LogP) is 3.04. The first-order valence-corrected chi connectivity index (χ1v) is 11.9. The van der Waals surface area contributed by atoms with E-state index in [-0.39, 0.29) is 0 Å². The van der Waals surface area contributed by atoms with Gasteiger partial charge in [-0.05, 0) is 55.7 Å². The molecule has 0 amide bonds. The lowest BCUT2D eigenvalue weighted by molar-refractivity contribution is -0.920. The van der Waals surface area contributed by atoms with E-state index in [1.165, 1.54) is 65.9 Å². The monoisotopic (exact) mass is 408 g/mol. The molecule has 152 valence electrons. The number of piperidine rings is 1. The van der Waals surface area contributed by atoms with Gasteiger partial charge in [-0.25, -0.2) is 9.97 Å². The summed E-state index contributed by atoms with van der Waals surface area (Å²) in [5.74, 6) is 2.92. The van der Waals surface area contributed by atoms with Crippen LogP contribution in [0, 0.1) is 5.92 Å². The van der Waals surface area contributed by atoms with Crippen LogP contribution in [0.5, 0.6) is 0 Å². The highest BCUT2D eigenvalue weighted by molar-refractivity contribution is 7.19. The molecule has 1 aliphatic heterocycles. The van der Waals surface area contributed by atoms with E-state index in [1.807, 2.05) is 23.6 Å². The molecule has 1 aliphatic carbocycles. The number of hydrogen-bond donors (Lipinski definition) is 2. The maximum absolute atomic E-state index is 5.04. The molecular weight excluding hydrogens is 378 g/mol. The van der Waals surface area contributed by atoms with Crippen LogP contribution in [0.3, 0.4) is 0 Å². The van der Waals surface area contributed by atoms with Crippen molar-refractivity contribution in [1.82, 2.24) is 15.0 Å². The summed E-state index contributed by atoms with van der Waals surface area (Å²) in [6.07, 6.45) is 9.05. The first-order chi connectivity index (χ1) is 14.3. The van der Waals surface area contributed by atoms with Gasteiger partial charge in [0.1, 0.15) is 17.2 Å². The third kappa shape index (κ3) is 4.14. The second kappa shape index (κ2) is 8.36. The van der Waals surface area contributed by atoms with E-state index >= 15 is 0 Å². The van der Waals surface area contributed by atoms with Crippen molar-refractivity contribution in [2.45, 2.75) is 52.0 Å². The Morgan fingerprint density at radius 1 is 1.17 bits per heavy atom. The fourth-order valence-electron chi connectivity index (χ4n) is 4.67. The number of aryl methyl sites for hydroxylation is 2. The number of quaternary nitrogens is 1. The first-order valence-electron chi connectivity index (χ1n) is 11.0. The lowest BCUT2D eigenvalue weighted by Gasteiger charge is -2.26. The van der Waals surface area contributed by atoms with Gasteiger partial charge in [0.2, 0.25) is 0 Å². The predicted molar refractivity (Wildman–Crippen MR) is 119 cm³/mol. The Hall–Kier alpha value is -2.05. The molecule has 5 rings (SSSR count). The third-order valence-electron chi connectivity index (χ3n) is 6.40. The summed E-state index contributed by atoms with van der Waals surface area (Å²) >= 11 is 1.89. The molecule has 6 heteroatoms. The Balaban J connectivity index is 1.39. The topological polar surface area (TPSA) is 55.1 Å². The average molecular weight is 409 g/mol. The van der Waals surface area contributed by atoms with Gasteiger partial charge in [-0.3, -0.25) is 4.98 Å². The van der Waals surface area contributed by atoms with Crippen molar-refractivity contribution >= 4 is 27.4 Å². The average Bonchev–Trinajstić information content (AvgIpc) is 3.31. The highest BCUT2D eigenvalue weighted by Gasteiger charge is 2.24. The van der Waals surface area contributed by atoms with Gasteiger partial charge in [0.15, 0.2) is 5.82 Å². The normalized spacial score (nSPS) is 21.4. The molecule has 29 heavy (non-hydrogen) atoms. The summed E-state index contributed by atoms with van der Waals surface area (Å²) in [6.45, 7) is 6.65. The molecule has 3 aromatic rings. The number of aromatic nitrogens is 3. The minimum absolute atomic E-state index is 0.848. The third-order valence-corrected chi connectivity index (χ3v) is 7.59. The van der Waals surface area contributed by atoms with Crippen molar-refractivity contribution in [3.63, 3.8) is 0 Å². The number of hydrogen-bond acceptors (Lipinski definition) is 5. The molecule has 1 saturated heterocycles. The second-order valence-corrected chi connectivity index (χ2v) is 9.72. The summed E-state index contributed by atoms with van der Waals surface area (Å²) in [5, 5.41) is 4.93. The smallest absolute Gasteiger partial charge is 0.187 e. The van der Waals surface area contributed by atoms with Crippen LogP contribution in [0.25, 0.3) is 10.2 Å². The van der Waals surface area contributed by atoms with Crippen molar-refractivity contribution in [3.8, 4) is 0 Å². The molecule has 0 aromatic carbocycles. The zero-order valence-electron chi connectivity index (χ0n) is 17.2. The van der Waals surface area contributed by atoms with Crippen LogP contribution >= 0.6 is 11.3 Å². The molecule has 4 heterocycles. The van der Waals surface area contributed by atoms with E-state index in [0.717, 1.165) is 42.8 Å². The van der Waals surface area contributed by atoms with Crippen LogP contribution in [-0.4, -0.2) is 34.6 Å². The van der Waals surface area contributed by atoms with Crippen LogP contribution in [-0.2, 0) is 25.8 Å². The fraction of sp³-hybridized carbons (Fsp3) is 0.522. The Bertz CT molecular complexity index is 976. The highest BCUT2D eigenvalue weighted by Crippen LogP contribution is 2.39. The summed E-state index contributed by atoms with van der Waals surface area (Å²) < 4.78 is 0. The maximum atomic E-state index is 5.04. The standard InChI is InChI=1S/C23H29N5S/c1-16-9-13-28(14-10-16)15-20-26-22(25-12-8-17-5-2-3-11-24-17)21-18-6-4-7-19(18)29-23(21)27-20/h2-3,5,11,16H,4,6-10,12-15H2,1H3,(H,25,26,27)/p+1. The molecule has 5 nitrogen and oxygen atoms in total. The lowest BCUT2D eigenvalue weighted by Crippen LogP contribution is -3.11. The molecule has 0 bridgehead atoms. The number of pyridine rings is 1. The summed E-state index contributed by atoms with van der Waals surface area (Å²) in [5.41, 5.74) is 2.61. The summed E-state index contributed by atoms with van der Waals surface area (Å²) in [6, 6.07) is 6.11. The molecular formula is C23H30N5S+. The Morgan fingerprint density at radius 3 is 2.90 bits per heavy atom. The van der Waals surface area contributed by atoms with E-state index in [0.29, 0.717) is 0 Å². The van der Waals surface area contributed by atoms with E-state index in [9.17, 15) is 0 Å². The molecule has 1 fully saturated rings.